The normalized spacial score (nSPS) is 9.67. The first-order valence-electron chi connectivity index (χ1n) is 6.98. The zero-order valence-corrected chi connectivity index (χ0v) is 12.5. The topological polar surface area (TPSA) is 64.3 Å². The van der Waals surface area contributed by atoms with Gasteiger partial charge in [-0.3, -0.25) is 4.79 Å². The highest BCUT2D eigenvalue weighted by molar-refractivity contribution is 5.94. The van der Waals surface area contributed by atoms with E-state index in [1.807, 2.05) is 13.8 Å². The first kappa shape index (κ1) is 16.8. The molecule has 0 fully saturated rings. The Morgan fingerprint density at radius 2 is 1.95 bits per heavy atom. The van der Waals surface area contributed by atoms with Gasteiger partial charge < -0.3 is 10.0 Å². The van der Waals surface area contributed by atoms with E-state index in [0.717, 1.165) is 5.56 Å². The Balaban J connectivity index is 2.82. The lowest BCUT2D eigenvalue weighted by atomic mass is 10.1. The van der Waals surface area contributed by atoms with E-state index in [1.165, 1.54) is 0 Å². The highest BCUT2D eigenvalue weighted by atomic mass is 16.2. The van der Waals surface area contributed by atoms with Crippen LogP contribution in [0.25, 0.3) is 0 Å². The largest absolute Gasteiger partial charge is 0.395 e. The van der Waals surface area contributed by atoms with Gasteiger partial charge >= 0.3 is 0 Å². The molecule has 4 nitrogen and oxygen atoms in total. The van der Waals surface area contributed by atoms with Crippen LogP contribution in [0.3, 0.4) is 0 Å². The van der Waals surface area contributed by atoms with Gasteiger partial charge in [-0.1, -0.05) is 11.8 Å². The van der Waals surface area contributed by atoms with E-state index in [9.17, 15) is 4.79 Å². The van der Waals surface area contributed by atoms with E-state index >= 15 is 0 Å². The lowest BCUT2D eigenvalue weighted by Gasteiger charge is -2.25. The molecule has 1 rings (SSSR count). The van der Waals surface area contributed by atoms with Gasteiger partial charge in [0.15, 0.2) is 0 Å². The van der Waals surface area contributed by atoms with Gasteiger partial charge in [0.2, 0.25) is 0 Å². The lowest BCUT2D eigenvalue weighted by molar-refractivity contribution is 0.0710. The van der Waals surface area contributed by atoms with Crippen molar-refractivity contribution >= 4 is 5.91 Å². The third kappa shape index (κ3) is 5.30. The van der Waals surface area contributed by atoms with E-state index in [-0.39, 0.29) is 18.6 Å². The van der Waals surface area contributed by atoms with Crippen LogP contribution in [-0.2, 0) is 0 Å². The molecular formula is C17H20N2O2. The van der Waals surface area contributed by atoms with Crippen molar-refractivity contribution in [3.63, 3.8) is 0 Å². The molecular weight excluding hydrogens is 264 g/mol. The van der Waals surface area contributed by atoms with Crippen LogP contribution in [0, 0.1) is 23.2 Å². The summed E-state index contributed by atoms with van der Waals surface area (Å²) < 4.78 is 0. The quantitative estimate of drug-likeness (QED) is 0.843. The second-order valence-corrected chi connectivity index (χ2v) is 4.85. The van der Waals surface area contributed by atoms with Crippen molar-refractivity contribution in [1.29, 1.82) is 5.26 Å². The summed E-state index contributed by atoms with van der Waals surface area (Å²) in [5.41, 5.74) is 1.41. The third-order valence-corrected chi connectivity index (χ3v) is 2.95. The highest BCUT2D eigenvalue weighted by Gasteiger charge is 2.17. The summed E-state index contributed by atoms with van der Waals surface area (Å²) in [5, 5.41) is 17.3. The molecule has 0 radical (unpaired) electrons. The van der Waals surface area contributed by atoms with E-state index in [0.29, 0.717) is 24.9 Å². The Morgan fingerprint density at radius 3 is 2.48 bits per heavy atom. The summed E-state index contributed by atoms with van der Waals surface area (Å²) in [7, 11) is 0. The molecule has 0 saturated carbocycles. The molecule has 1 aromatic carbocycles. The number of amides is 1. The summed E-state index contributed by atoms with van der Waals surface area (Å²) in [6, 6.07) is 9.19. The first-order chi connectivity index (χ1) is 10.1. The minimum absolute atomic E-state index is 0.0474. The second-order valence-electron chi connectivity index (χ2n) is 4.85. The van der Waals surface area contributed by atoms with E-state index in [2.05, 4.69) is 17.9 Å². The standard InChI is InChI=1S/C17H20N2O2/c1-14(2)19(12-5-11-18)17(21)16-9-7-15(8-10-16)6-3-4-13-20/h7-10,14,20H,4-5,12-13H2,1-2H3. The van der Waals surface area contributed by atoms with Crippen LogP contribution in [0.4, 0.5) is 0 Å². The molecule has 0 atom stereocenters. The van der Waals surface area contributed by atoms with Crippen molar-refractivity contribution in [3.8, 4) is 17.9 Å². The number of hydrogen-bond acceptors (Lipinski definition) is 3. The van der Waals surface area contributed by atoms with Crippen molar-refractivity contribution in [2.45, 2.75) is 32.7 Å². The van der Waals surface area contributed by atoms with Gasteiger partial charge in [-0.05, 0) is 38.1 Å². The molecule has 0 aliphatic heterocycles. The fourth-order valence-electron chi connectivity index (χ4n) is 1.85. The molecule has 0 aliphatic rings. The summed E-state index contributed by atoms with van der Waals surface area (Å²) in [5.74, 6) is 5.68. The van der Waals surface area contributed by atoms with Gasteiger partial charge in [-0.2, -0.15) is 5.26 Å². The van der Waals surface area contributed by atoms with Gasteiger partial charge in [0.05, 0.1) is 19.1 Å². The molecule has 0 saturated heterocycles. The summed E-state index contributed by atoms with van der Waals surface area (Å²) in [4.78, 5) is 14.1. The summed E-state index contributed by atoms with van der Waals surface area (Å²) in [6.45, 7) is 4.35. The lowest BCUT2D eigenvalue weighted by Crippen LogP contribution is -2.37. The highest BCUT2D eigenvalue weighted by Crippen LogP contribution is 2.10. The molecule has 1 aromatic rings. The van der Waals surface area contributed by atoms with Gasteiger partial charge in [0, 0.05) is 30.1 Å². The zero-order chi connectivity index (χ0) is 15.7. The number of nitrogens with zero attached hydrogens (tertiary/aromatic N) is 2. The molecule has 0 bridgehead atoms. The number of rotatable bonds is 5. The van der Waals surface area contributed by atoms with Crippen LogP contribution >= 0.6 is 0 Å². The number of carbonyl (C=O) groups excluding carboxylic acids is 1. The predicted molar refractivity (Wildman–Crippen MR) is 81.4 cm³/mol. The summed E-state index contributed by atoms with van der Waals surface area (Å²) >= 11 is 0. The van der Waals surface area contributed by atoms with Crippen LogP contribution in [0.1, 0.15) is 42.6 Å². The molecule has 0 unspecified atom stereocenters. The maximum atomic E-state index is 12.4. The van der Waals surface area contributed by atoms with Gasteiger partial charge in [-0.15, -0.1) is 0 Å². The molecule has 0 aliphatic carbocycles. The average molecular weight is 284 g/mol. The van der Waals surface area contributed by atoms with Gasteiger partial charge in [0.1, 0.15) is 0 Å². The Labute approximate surface area is 126 Å². The Hall–Kier alpha value is -2.30. The van der Waals surface area contributed by atoms with Crippen molar-refractivity contribution in [3.05, 3.63) is 35.4 Å². The van der Waals surface area contributed by atoms with Gasteiger partial charge in [-0.25, -0.2) is 0 Å². The molecule has 21 heavy (non-hydrogen) atoms. The van der Waals surface area contributed by atoms with E-state index in [1.54, 1.807) is 29.2 Å². The van der Waals surface area contributed by atoms with Gasteiger partial charge in [0.25, 0.3) is 5.91 Å². The Kier molecular flexibility index (Phi) is 7.01. The fourth-order valence-corrected chi connectivity index (χ4v) is 1.85. The van der Waals surface area contributed by atoms with Crippen molar-refractivity contribution < 1.29 is 9.90 Å². The molecule has 1 amide bonds. The van der Waals surface area contributed by atoms with Crippen LogP contribution in [-0.4, -0.2) is 35.1 Å². The molecule has 1 N–H and O–H groups in total. The van der Waals surface area contributed by atoms with E-state index < -0.39 is 0 Å². The molecule has 0 spiro atoms. The predicted octanol–water partition coefficient (Wildman–Crippen LogP) is 2.18. The minimum atomic E-state index is -0.0740. The second kappa shape index (κ2) is 8.79. The number of nitriles is 1. The number of aliphatic hydroxyl groups is 1. The maximum Gasteiger partial charge on any atom is 0.254 e. The monoisotopic (exact) mass is 284 g/mol. The van der Waals surface area contributed by atoms with Crippen LogP contribution in [0.5, 0.6) is 0 Å². The number of aliphatic hydroxyl groups excluding tert-OH is 1. The number of hydrogen-bond donors (Lipinski definition) is 1. The number of carbonyl (C=O) groups is 1. The maximum absolute atomic E-state index is 12.4. The average Bonchev–Trinajstić information content (AvgIpc) is 2.48. The molecule has 0 heterocycles. The van der Waals surface area contributed by atoms with Crippen LogP contribution < -0.4 is 0 Å². The molecule has 110 valence electrons. The fraction of sp³-hybridized carbons (Fsp3) is 0.412. The Bertz CT molecular complexity index is 559. The van der Waals surface area contributed by atoms with Crippen LogP contribution in [0.2, 0.25) is 0 Å². The minimum Gasteiger partial charge on any atom is -0.395 e. The van der Waals surface area contributed by atoms with Crippen LogP contribution in [0.15, 0.2) is 24.3 Å². The molecule has 4 heteroatoms. The Morgan fingerprint density at radius 1 is 1.29 bits per heavy atom. The summed E-state index contributed by atoms with van der Waals surface area (Å²) in [6.07, 6.45) is 0.768. The number of benzene rings is 1. The zero-order valence-electron chi connectivity index (χ0n) is 12.5. The third-order valence-electron chi connectivity index (χ3n) is 2.95. The smallest absolute Gasteiger partial charge is 0.254 e. The van der Waals surface area contributed by atoms with Crippen molar-refractivity contribution in [1.82, 2.24) is 4.90 Å². The van der Waals surface area contributed by atoms with Crippen molar-refractivity contribution in [2.75, 3.05) is 13.2 Å². The SMILES string of the molecule is CC(C)N(CCC#N)C(=O)c1ccc(C#CCCO)cc1. The first-order valence-corrected chi connectivity index (χ1v) is 6.98. The molecule has 0 aromatic heterocycles. The van der Waals surface area contributed by atoms with Crippen molar-refractivity contribution in [2.24, 2.45) is 0 Å². The van der Waals surface area contributed by atoms with E-state index in [4.69, 9.17) is 10.4 Å².